The highest BCUT2D eigenvalue weighted by atomic mass is 16.2. The van der Waals surface area contributed by atoms with Crippen LogP contribution in [-0.4, -0.2) is 47.2 Å². The molecule has 0 atom stereocenters. The van der Waals surface area contributed by atoms with Gasteiger partial charge >= 0.3 is 0 Å². The van der Waals surface area contributed by atoms with E-state index in [-0.39, 0.29) is 23.4 Å². The van der Waals surface area contributed by atoms with Gasteiger partial charge in [0.05, 0.1) is 17.1 Å². The van der Waals surface area contributed by atoms with E-state index in [2.05, 4.69) is 27.1 Å². The number of aliphatic imine (C=N–C) groups is 1. The zero-order valence-electron chi connectivity index (χ0n) is 46.8. The number of hydrogen-bond acceptors (Lipinski definition) is 9. The smallest absolute Gasteiger partial charge is 0.251 e. The number of para-hydroxylation sites is 2. The first kappa shape index (κ1) is 56.4. The average molecular weight is 1080 g/mol. The normalized spacial score (nSPS) is 12.8. The number of carbonyl (C=O) groups is 4. The molecular formula is C69H71N8O4+. The third kappa shape index (κ3) is 13.9. The van der Waals surface area contributed by atoms with Crippen LogP contribution in [0.3, 0.4) is 0 Å². The number of rotatable bonds is 23. The summed E-state index contributed by atoms with van der Waals surface area (Å²) in [5, 5.41) is 9.49. The van der Waals surface area contributed by atoms with Gasteiger partial charge in [0.2, 0.25) is 16.7 Å². The lowest BCUT2D eigenvalue weighted by atomic mass is 9.90. The second-order valence-electron chi connectivity index (χ2n) is 21.1. The molecule has 410 valence electrons. The van der Waals surface area contributed by atoms with Crippen molar-refractivity contribution in [3.8, 4) is 16.8 Å². The van der Waals surface area contributed by atoms with Gasteiger partial charge < -0.3 is 27.4 Å². The van der Waals surface area contributed by atoms with Crippen molar-refractivity contribution in [2.24, 2.45) is 4.99 Å². The van der Waals surface area contributed by atoms with Gasteiger partial charge in [-0.1, -0.05) is 92.9 Å². The molecule has 1 aromatic heterocycles. The Morgan fingerprint density at radius 2 is 1.07 bits per heavy atom. The van der Waals surface area contributed by atoms with Crippen LogP contribution in [0.2, 0.25) is 0 Å². The predicted molar refractivity (Wildman–Crippen MR) is 330 cm³/mol. The van der Waals surface area contributed by atoms with E-state index in [0.29, 0.717) is 70.9 Å². The first-order chi connectivity index (χ1) is 39.2. The van der Waals surface area contributed by atoms with E-state index in [0.717, 1.165) is 130 Å². The van der Waals surface area contributed by atoms with Gasteiger partial charge in [-0.15, -0.1) is 4.57 Å². The number of nitrogen functional groups attached to an aromatic ring is 2. The number of nitrogens with two attached hydrogens (primary N) is 2. The van der Waals surface area contributed by atoms with Crippen LogP contribution >= 0.6 is 0 Å². The number of anilines is 4. The third-order valence-electron chi connectivity index (χ3n) is 15.0. The minimum atomic E-state index is -0.135. The molecule has 12 heteroatoms. The van der Waals surface area contributed by atoms with Crippen molar-refractivity contribution in [1.29, 1.82) is 0 Å². The molecule has 0 saturated carbocycles. The predicted octanol–water partition coefficient (Wildman–Crippen LogP) is 14.2. The Morgan fingerprint density at radius 1 is 0.556 bits per heavy atom. The maximum atomic E-state index is 13.7. The molecule has 8 aromatic rings. The van der Waals surface area contributed by atoms with Crippen molar-refractivity contribution in [2.75, 3.05) is 29.9 Å². The molecule has 12 nitrogen and oxygen atoms in total. The van der Waals surface area contributed by atoms with Crippen molar-refractivity contribution in [3.05, 3.63) is 214 Å². The molecule has 7 N–H and O–H groups in total. The summed E-state index contributed by atoms with van der Waals surface area (Å²) in [7, 11) is 0. The fraction of sp³-hybridized carbons (Fsp3) is 0.232. The molecule has 0 aliphatic heterocycles. The largest absolute Gasteiger partial charge is 0.398 e. The molecule has 0 bridgehead atoms. The highest BCUT2D eigenvalue weighted by molar-refractivity contribution is 6.17. The van der Waals surface area contributed by atoms with Crippen LogP contribution in [0.25, 0.3) is 38.9 Å². The molecular weight excluding hydrogens is 1000 g/mol. The molecule has 2 amide bonds. The quantitative estimate of drug-likeness (QED) is 0.0138. The van der Waals surface area contributed by atoms with Crippen LogP contribution in [0.1, 0.15) is 119 Å². The van der Waals surface area contributed by atoms with E-state index in [9.17, 15) is 19.2 Å². The van der Waals surface area contributed by atoms with Gasteiger partial charge in [0.1, 0.15) is 11.0 Å². The number of fused-ring (bicyclic) bond motifs is 2. The van der Waals surface area contributed by atoms with Gasteiger partial charge in [-0.2, -0.15) is 0 Å². The summed E-state index contributed by atoms with van der Waals surface area (Å²) in [6.45, 7) is 13.2. The summed E-state index contributed by atoms with van der Waals surface area (Å²) in [5.41, 5.74) is 30.2. The van der Waals surface area contributed by atoms with Crippen LogP contribution in [0, 0.1) is 20.8 Å². The fourth-order valence-corrected chi connectivity index (χ4v) is 10.2. The highest BCUT2D eigenvalue weighted by Gasteiger charge is 2.24. The first-order valence-electron chi connectivity index (χ1n) is 28.1. The maximum Gasteiger partial charge on any atom is 0.251 e. The Labute approximate surface area is 474 Å². The SMILES string of the molecule is C=C1C=C(C(=O)CCCCCCNC(=O)c2ccc(-c3ccc(C(=O)NCCCCCCC(=O)c4cc5c(cc4C)nc4cc(C)c(N)cc4[n+]5-c4ccccc4)cc3)cc2)C(C)=C/C1=N/c1cc(C)c(N)cc1Nc1ccccc1. The van der Waals surface area contributed by atoms with E-state index in [4.69, 9.17) is 21.4 Å². The van der Waals surface area contributed by atoms with E-state index in [1.807, 2.05) is 185 Å². The zero-order valence-corrected chi connectivity index (χ0v) is 46.8. The van der Waals surface area contributed by atoms with Crippen LogP contribution in [0.15, 0.2) is 186 Å². The van der Waals surface area contributed by atoms with Crippen LogP contribution < -0.4 is 32.0 Å². The van der Waals surface area contributed by atoms with Gasteiger partial charge in [0, 0.05) is 89.5 Å². The molecule has 0 unspecified atom stereocenters. The molecule has 7 aromatic carbocycles. The lowest BCUT2D eigenvalue weighted by molar-refractivity contribution is -0.538. The highest BCUT2D eigenvalue weighted by Crippen LogP contribution is 2.35. The number of nitrogens with zero attached hydrogens (tertiary/aromatic N) is 3. The van der Waals surface area contributed by atoms with Crippen LogP contribution in [0.5, 0.6) is 0 Å². The molecule has 1 aliphatic rings. The molecule has 9 rings (SSSR count). The molecule has 81 heavy (non-hydrogen) atoms. The van der Waals surface area contributed by atoms with E-state index in [1.54, 1.807) is 0 Å². The molecule has 0 spiro atoms. The minimum Gasteiger partial charge on any atom is -0.398 e. The molecule has 1 heterocycles. The van der Waals surface area contributed by atoms with E-state index in [1.165, 1.54) is 0 Å². The standard InChI is InChI=1S/C69H70N8O4/c1-44-37-59(75-60-39-46(3)57(70)42-61(60)74-53-20-12-10-13-21-53)48(5)36-55(44)66(78)24-16-6-8-18-34-72-68(80)51-30-26-49(27-31-51)50-28-32-52(33-29-50)69(81)73-35-19-9-7-17-25-67(79)56-41-64-62(38-45(56)2)76-63-40-47(4)58(71)43-65(63)77(64)54-22-14-11-15-23-54/h10-15,20-23,26-33,36-43,71,74H,5-9,16-19,24-25,34-35,70H2,1-4H3,(H2,72,73,80,81)/p+1/b75-59-. The Hall–Kier alpha value is -9.29. The van der Waals surface area contributed by atoms with Crippen molar-refractivity contribution in [1.82, 2.24) is 15.6 Å². The molecule has 1 aliphatic carbocycles. The van der Waals surface area contributed by atoms with Crippen LogP contribution in [0.4, 0.5) is 28.4 Å². The number of Topliss-reactive ketones (excluding diaryl/α,β-unsaturated/α-hetero) is 2. The topological polar surface area (TPSA) is 186 Å². The average Bonchev–Trinajstić information content (AvgIpc) is 3.50. The van der Waals surface area contributed by atoms with Gasteiger partial charge in [0.15, 0.2) is 11.6 Å². The number of benzene rings is 7. The number of nitrogens with one attached hydrogen (secondary N) is 3. The molecule has 0 saturated heterocycles. The number of allylic oxidation sites excluding steroid dienone is 5. The zero-order chi connectivity index (χ0) is 57.0. The summed E-state index contributed by atoms with van der Waals surface area (Å²) in [6.07, 6.45) is 11.3. The summed E-state index contributed by atoms with van der Waals surface area (Å²) in [6, 6.07) is 46.7. The molecule has 0 radical (unpaired) electrons. The summed E-state index contributed by atoms with van der Waals surface area (Å²) in [5.74, 6) is -0.0804. The number of carbonyl (C=O) groups excluding carboxylic acids is 4. The fourth-order valence-electron chi connectivity index (χ4n) is 10.2. The number of hydrogen-bond donors (Lipinski definition) is 5. The van der Waals surface area contributed by atoms with Gasteiger partial charge in [-0.05, 0) is 165 Å². The second-order valence-corrected chi connectivity index (χ2v) is 21.1. The van der Waals surface area contributed by atoms with Gasteiger partial charge in [-0.25, -0.2) is 9.98 Å². The lowest BCUT2D eigenvalue weighted by Gasteiger charge is -2.17. The first-order valence-corrected chi connectivity index (χ1v) is 28.1. The Kier molecular flexibility index (Phi) is 18.2. The van der Waals surface area contributed by atoms with Gasteiger partial charge in [0.25, 0.3) is 11.8 Å². The van der Waals surface area contributed by atoms with Crippen molar-refractivity contribution < 1.29 is 23.7 Å². The van der Waals surface area contributed by atoms with E-state index < -0.39 is 0 Å². The monoisotopic (exact) mass is 1080 g/mol. The Balaban J connectivity index is 0.659. The maximum absolute atomic E-state index is 13.7. The summed E-state index contributed by atoms with van der Waals surface area (Å²) < 4.78 is 2.14. The summed E-state index contributed by atoms with van der Waals surface area (Å²) >= 11 is 0. The Morgan fingerprint density at radius 3 is 1.68 bits per heavy atom. The third-order valence-corrected chi connectivity index (χ3v) is 15.0. The van der Waals surface area contributed by atoms with Crippen molar-refractivity contribution in [3.63, 3.8) is 0 Å². The summed E-state index contributed by atoms with van der Waals surface area (Å²) in [4.78, 5) is 63.0. The second kappa shape index (κ2) is 26.1. The minimum absolute atomic E-state index is 0.0833. The number of unbranched alkanes of at least 4 members (excludes halogenated alkanes) is 6. The number of aryl methyl sites for hydroxylation is 3. The van der Waals surface area contributed by atoms with Crippen molar-refractivity contribution in [2.45, 2.75) is 91.9 Å². The van der Waals surface area contributed by atoms with Crippen molar-refractivity contribution >= 4 is 79.6 Å². The Bertz CT molecular complexity index is 3770. The van der Waals surface area contributed by atoms with E-state index >= 15 is 0 Å². The van der Waals surface area contributed by atoms with Crippen LogP contribution in [-0.2, 0) is 4.79 Å². The molecule has 0 fully saturated rings. The van der Waals surface area contributed by atoms with Gasteiger partial charge in [-0.3, -0.25) is 19.2 Å². The number of aromatic nitrogens is 2. The lowest BCUT2D eigenvalue weighted by Crippen LogP contribution is -2.33. The number of amides is 2. The number of ketones is 2.